The Balaban J connectivity index is 0.000000769. The van der Waals surface area contributed by atoms with E-state index in [1.165, 1.54) is 0 Å². The zero-order valence-corrected chi connectivity index (χ0v) is 18.0. The highest BCUT2D eigenvalue weighted by atomic mass is 16.3. The molecule has 1 aliphatic heterocycles. The van der Waals surface area contributed by atoms with Crippen LogP contribution < -0.4 is 5.69 Å². The maximum absolute atomic E-state index is 12.6. The molecule has 0 spiro atoms. The second kappa shape index (κ2) is 13.7. The van der Waals surface area contributed by atoms with Gasteiger partial charge in [-0.05, 0) is 49.9 Å². The van der Waals surface area contributed by atoms with Gasteiger partial charge in [0.2, 0.25) is 5.91 Å². The van der Waals surface area contributed by atoms with Gasteiger partial charge in [-0.1, -0.05) is 0 Å². The topological polar surface area (TPSA) is 174 Å². The number of aliphatic hydroxyl groups is 1. The highest BCUT2D eigenvalue weighted by Gasteiger charge is 2.33. The maximum Gasteiger partial charge on any atom is 0.345 e. The number of rotatable bonds is 5. The maximum atomic E-state index is 12.6. The fourth-order valence-electron chi connectivity index (χ4n) is 3.59. The number of β-amino-alcohol motifs (C(OH)–C–C–N with tert-alkyl or cyclic N) is 1. The summed E-state index contributed by atoms with van der Waals surface area (Å²) in [6.45, 7) is 4.03. The first-order valence-corrected chi connectivity index (χ1v) is 9.84. The molecule has 3 heterocycles. The number of amides is 1. The SMILES string of the molecule is Cc1nc(=O)[nH]c(C)c1CCC(=O)N1C[C@@H](Cc2ccncc2)[C@H](O)C1.O=CO.O=CO. The highest BCUT2D eigenvalue weighted by molar-refractivity contribution is 5.77. The fraction of sp³-hybridized carbons (Fsp3) is 0.429. The molecule has 0 aromatic carbocycles. The number of nitrogens with zero attached hydrogens (tertiary/aromatic N) is 3. The molecule has 0 aliphatic carbocycles. The van der Waals surface area contributed by atoms with E-state index in [-0.39, 0.29) is 30.5 Å². The number of pyridine rings is 1. The van der Waals surface area contributed by atoms with E-state index in [1.54, 1.807) is 24.2 Å². The molecule has 4 N–H and O–H groups in total. The summed E-state index contributed by atoms with van der Waals surface area (Å²) in [4.78, 5) is 53.0. The Morgan fingerprint density at radius 2 is 1.78 bits per heavy atom. The molecule has 0 saturated carbocycles. The standard InChI is InChI=1S/C19H24N4O3.2CH2O2/c1-12-16(13(2)22-19(26)21-12)3-4-18(25)23-10-15(17(24)11-23)9-14-5-7-20-8-6-14;2*2-1-3/h5-8,15,17,24H,3-4,9-11H2,1-2H3,(H,21,22,26);2*1H,(H,2,3)/t15-,17-;;/m1../s1. The van der Waals surface area contributed by atoms with Crippen molar-refractivity contribution < 1.29 is 29.7 Å². The number of hydrogen-bond acceptors (Lipinski definition) is 7. The van der Waals surface area contributed by atoms with Gasteiger partial charge in [-0.2, -0.15) is 4.98 Å². The first-order valence-electron chi connectivity index (χ1n) is 9.84. The molecule has 1 aliphatic rings. The smallest absolute Gasteiger partial charge is 0.345 e. The minimum Gasteiger partial charge on any atom is -0.483 e. The van der Waals surface area contributed by atoms with Crippen molar-refractivity contribution in [2.24, 2.45) is 5.92 Å². The molecule has 3 rings (SSSR count). The van der Waals surface area contributed by atoms with E-state index >= 15 is 0 Å². The van der Waals surface area contributed by atoms with Gasteiger partial charge >= 0.3 is 5.69 Å². The summed E-state index contributed by atoms with van der Waals surface area (Å²) in [7, 11) is 0. The normalized spacial score (nSPS) is 16.8. The predicted octanol–water partition coefficient (Wildman–Crippen LogP) is 0.178. The lowest BCUT2D eigenvalue weighted by Gasteiger charge is -2.17. The number of carbonyl (C=O) groups is 3. The molecule has 2 atom stereocenters. The molecule has 0 bridgehead atoms. The van der Waals surface area contributed by atoms with Crippen LogP contribution in [0.2, 0.25) is 0 Å². The molecule has 2 aromatic rings. The number of aromatic amines is 1. The lowest BCUT2D eigenvalue weighted by atomic mass is 9.97. The van der Waals surface area contributed by atoms with Gasteiger partial charge in [0.05, 0.1) is 6.10 Å². The van der Waals surface area contributed by atoms with E-state index in [4.69, 9.17) is 19.8 Å². The van der Waals surface area contributed by atoms with Crippen molar-refractivity contribution in [2.45, 2.75) is 39.2 Å². The van der Waals surface area contributed by atoms with E-state index < -0.39 is 6.10 Å². The van der Waals surface area contributed by atoms with Crippen LogP contribution in [-0.2, 0) is 27.2 Å². The Hall–Kier alpha value is -3.60. The van der Waals surface area contributed by atoms with Gasteiger partial charge in [-0.25, -0.2) is 4.79 Å². The molecule has 11 nitrogen and oxygen atoms in total. The molecular formula is C21H28N4O7. The van der Waals surface area contributed by atoms with Gasteiger partial charge < -0.3 is 25.2 Å². The van der Waals surface area contributed by atoms with Crippen LogP contribution in [0.3, 0.4) is 0 Å². The molecule has 32 heavy (non-hydrogen) atoms. The summed E-state index contributed by atoms with van der Waals surface area (Å²) >= 11 is 0. The summed E-state index contributed by atoms with van der Waals surface area (Å²) in [5.74, 6) is 0.0610. The molecule has 174 valence electrons. The third kappa shape index (κ3) is 8.26. The Morgan fingerprint density at radius 1 is 1.19 bits per heavy atom. The number of carboxylic acid groups (broad SMARTS) is 2. The molecular weight excluding hydrogens is 420 g/mol. The number of nitrogens with one attached hydrogen (secondary N) is 1. The van der Waals surface area contributed by atoms with Gasteiger partial charge in [0.1, 0.15) is 0 Å². The average Bonchev–Trinajstić information content (AvgIpc) is 3.09. The van der Waals surface area contributed by atoms with Crippen LogP contribution in [0.25, 0.3) is 0 Å². The summed E-state index contributed by atoms with van der Waals surface area (Å²) in [5.41, 5.74) is 3.08. The van der Waals surface area contributed by atoms with Crippen LogP contribution in [0.15, 0.2) is 29.3 Å². The van der Waals surface area contributed by atoms with Gasteiger partial charge in [0, 0.05) is 49.2 Å². The number of likely N-dealkylation sites (tertiary alicyclic amines) is 1. The molecule has 0 radical (unpaired) electrons. The van der Waals surface area contributed by atoms with Crippen LogP contribution in [0, 0.1) is 19.8 Å². The van der Waals surface area contributed by atoms with Crippen molar-refractivity contribution in [3.05, 3.63) is 57.5 Å². The first kappa shape index (κ1) is 26.4. The second-order valence-electron chi connectivity index (χ2n) is 7.13. The predicted molar refractivity (Wildman–Crippen MR) is 114 cm³/mol. The first-order chi connectivity index (χ1) is 15.3. The van der Waals surface area contributed by atoms with Crippen molar-refractivity contribution in [2.75, 3.05) is 13.1 Å². The molecule has 1 amide bonds. The zero-order valence-electron chi connectivity index (χ0n) is 18.0. The lowest BCUT2D eigenvalue weighted by molar-refractivity contribution is -0.130. The van der Waals surface area contributed by atoms with Gasteiger partial charge in [0.15, 0.2) is 0 Å². The minimum absolute atomic E-state index is 0.0197. The number of aliphatic hydroxyl groups excluding tert-OH is 1. The number of H-pyrrole nitrogens is 1. The van der Waals surface area contributed by atoms with E-state index in [0.717, 1.165) is 23.2 Å². The Bertz CT molecular complexity index is 901. The van der Waals surface area contributed by atoms with Crippen molar-refractivity contribution in [3.63, 3.8) is 0 Å². The second-order valence-corrected chi connectivity index (χ2v) is 7.13. The number of aromatic nitrogens is 3. The quantitative estimate of drug-likeness (QED) is 0.465. The van der Waals surface area contributed by atoms with Crippen LogP contribution in [0.1, 0.15) is 28.9 Å². The third-order valence-electron chi connectivity index (χ3n) is 5.05. The van der Waals surface area contributed by atoms with Gasteiger partial charge in [-0.15, -0.1) is 0 Å². The number of hydrogen-bond donors (Lipinski definition) is 4. The molecule has 1 fully saturated rings. The summed E-state index contributed by atoms with van der Waals surface area (Å²) in [6.07, 6.45) is 4.57. The minimum atomic E-state index is -0.509. The molecule has 1 saturated heterocycles. The fourth-order valence-corrected chi connectivity index (χ4v) is 3.59. The molecule has 2 aromatic heterocycles. The van der Waals surface area contributed by atoms with Crippen LogP contribution >= 0.6 is 0 Å². The summed E-state index contributed by atoms with van der Waals surface area (Å²) in [6, 6.07) is 3.87. The summed E-state index contributed by atoms with van der Waals surface area (Å²) in [5, 5.41) is 24.1. The van der Waals surface area contributed by atoms with Crippen LogP contribution in [0.4, 0.5) is 0 Å². The molecule has 0 unspecified atom stereocenters. The van der Waals surface area contributed by atoms with Gasteiger partial charge in [0.25, 0.3) is 12.9 Å². The largest absolute Gasteiger partial charge is 0.483 e. The Kier molecular flexibility index (Phi) is 11.3. The lowest BCUT2D eigenvalue weighted by Crippen LogP contribution is -2.30. The Morgan fingerprint density at radius 3 is 2.34 bits per heavy atom. The monoisotopic (exact) mass is 448 g/mol. The van der Waals surface area contributed by atoms with Crippen LogP contribution in [-0.4, -0.2) is 73.2 Å². The van der Waals surface area contributed by atoms with Crippen molar-refractivity contribution in [3.8, 4) is 0 Å². The van der Waals surface area contributed by atoms with E-state index in [9.17, 15) is 14.7 Å². The highest BCUT2D eigenvalue weighted by Crippen LogP contribution is 2.22. The van der Waals surface area contributed by atoms with Crippen molar-refractivity contribution in [1.82, 2.24) is 19.9 Å². The molecule has 11 heteroatoms. The van der Waals surface area contributed by atoms with E-state index in [1.807, 2.05) is 19.1 Å². The Labute approximate surface area is 184 Å². The van der Waals surface area contributed by atoms with Crippen LogP contribution in [0.5, 0.6) is 0 Å². The van der Waals surface area contributed by atoms with Crippen molar-refractivity contribution >= 4 is 18.9 Å². The number of carbonyl (C=O) groups excluding carboxylic acids is 1. The van der Waals surface area contributed by atoms with Gasteiger partial charge in [-0.3, -0.25) is 19.4 Å². The van der Waals surface area contributed by atoms with E-state index in [2.05, 4.69) is 15.0 Å². The summed E-state index contributed by atoms with van der Waals surface area (Å²) < 4.78 is 0. The zero-order chi connectivity index (χ0) is 24.1. The third-order valence-corrected chi connectivity index (χ3v) is 5.05. The van der Waals surface area contributed by atoms with E-state index in [0.29, 0.717) is 31.6 Å². The average molecular weight is 448 g/mol. The number of aryl methyl sites for hydroxylation is 2. The van der Waals surface area contributed by atoms with Crippen molar-refractivity contribution in [1.29, 1.82) is 0 Å².